The smallest absolute Gasteiger partial charge is 0.309 e. The second-order valence-electron chi connectivity index (χ2n) is 8.07. The Bertz CT molecular complexity index is 1470. The molecule has 166 valence electrons. The van der Waals surface area contributed by atoms with Crippen LogP contribution in [-0.4, -0.2) is 26.0 Å². The van der Waals surface area contributed by atoms with Crippen molar-refractivity contribution < 1.29 is 9.60 Å². The van der Waals surface area contributed by atoms with Gasteiger partial charge in [-0.3, -0.25) is 4.79 Å². The van der Waals surface area contributed by atoms with E-state index in [0.717, 1.165) is 35.0 Å². The van der Waals surface area contributed by atoms with Crippen molar-refractivity contribution in [1.82, 2.24) is 19.6 Å². The van der Waals surface area contributed by atoms with Gasteiger partial charge in [-0.25, -0.2) is 9.37 Å². The first-order chi connectivity index (χ1) is 16.1. The predicted octanol–water partition coefficient (Wildman–Crippen LogP) is 4.11. The van der Waals surface area contributed by atoms with Crippen molar-refractivity contribution in [1.29, 1.82) is 0 Å². The molecule has 0 saturated carbocycles. The summed E-state index contributed by atoms with van der Waals surface area (Å²) in [7, 11) is 0. The van der Waals surface area contributed by atoms with Crippen LogP contribution in [0, 0.1) is 5.82 Å². The van der Waals surface area contributed by atoms with Gasteiger partial charge in [0.1, 0.15) is 11.3 Å². The van der Waals surface area contributed by atoms with Gasteiger partial charge in [0.15, 0.2) is 0 Å². The predicted molar refractivity (Wildman–Crippen MR) is 126 cm³/mol. The summed E-state index contributed by atoms with van der Waals surface area (Å²) in [5, 5.41) is 14.9. The van der Waals surface area contributed by atoms with E-state index >= 15 is 0 Å². The Balaban J connectivity index is 1.51. The van der Waals surface area contributed by atoms with Crippen LogP contribution in [0.4, 0.5) is 4.39 Å². The van der Waals surface area contributed by atoms with Crippen LogP contribution in [0.25, 0.3) is 21.8 Å². The van der Waals surface area contributed by atoms with Gasteiger partial charge in [-0.15, -0.1) is 0 Å². The van der Waals surface area contributed by atoms with E-state index in [-0.39, 0.29) is 11.3 Å². The summed E-state index contributed by atoms with van der Waals surface area (Å²) in [4.78, 5) is 16.8. The van der Waals surface area contributed by atoms with Crippen molar-refractivity contribution in [3.8, 4) is 0 Å². The van der Waals surface area contributed by atoms with E-state index < -0.39 is 5.56 Å². The Labute approximate surface area is 189 Å². The third-order valence-electron chi connectivity index (χ3n) is 5.85. The first-order valence-corrected chi connectivity index (χ1v) is 10.8. The second-order valence-corrected chi connectivity index (χ2v) is 8.07. The molecule has 5 rings (SSSR count). The van der Waals surface area contributed by atoms with Crippen LogP contribution in [0.1, 0.15) is 16.7 Å². The van der Waals surface area contributed by atoms with Crippen LogP contribution in [0.15, 0.2) is 84.0 Å². The molecule has 0 atom stereocenters. The molecular formula is C26H23FN4O2. The van der Waals surface area contributed by atoms with E-state index in [9.17, 15) is 14.4 Å². The highest BCUT2D eigenvalue weighted by atomic mass is 19.1. The quantitative estimate of drug-likeness (QED) is 0.294. The lowest BCUT2D eigenvalue weighted by Crippen LogP contribution is -2.18. The van der Waals surface area contributed by atoms with Gasteiger partial charge >= 0.3 is 5.56 Å². The molecular weight excluding hydrogens is 419 g/mol. The zero-order valence-corrected chi connectivity index (χ0v) is 17.9. The summed E-state index contributed by atoms with van der Waals surface area (Å²) < 4.78 is 16.0. The second kappa shape index (κ2) is 8.88. The first-order valence-electron chi connectivity index (χ1n) is 10.8. The number of aromatic nitrogens is 3. The minimum Gasteiger partial charge on any atom is -0.425 e. The monoisotopic (exact) mass is 442 g/mol. The third kappa shape index (κ3) is 4.23. The van der Waals surface area contributed by atoms with Gasteiger partial charge in [0.25, 0.3) is 0 Å². The standard InChI is InChI=1S/C26H23FN4O2/c27-21-8-6-19(7-9-21)16-30-17-20(14-28-12-10-18-4-2-1-3-5-18)24-22-11-13-31(33)26(32)25(22)29-15-23(24)30/h1-9,11,13,15,17,28,33H,10,12,14,16H2. The molecule has 0 aliphatic carbocycles. The van der Waals surface area contributed by atoms with Crippen LogP contribution in [0.5, 0.6) is 0 Å². The maximum atomic E-state index is 13.3. The Morgan fingerprint density at radius 1 is 1.00 bits per heavy atom. The molecule has 3 heterocycles. The topological polar surface area (TPSA) is 72.1 Å². The fourth-order valence-corrected chi connectivity index (χ4v) is 4.20. The molecule has 0 aliphatic rings. The normalized spacial score (nSPS) is 11.4. The number of nitrogens with one attached hydrogen (secondary N) is 1. The lowest BCUT2D eigenvalue weighted by atomic mass is 10.1. The lowest BCUT2D eigenvalue weighted by Gasteiger charge is -2.07. The van der Waals surface area contributed by atoms with Crippen LogP contribution in [0.3, 0.4) is 0 Å². The first kappa shape index (κ1) is 20.9. The summed E-state index contributed by atoms with van der Waals surface area (Å²) in [6, 6.07) is 18.4. The molecule has 5 aromatic rings. The molecule has 2 N–H and O–H groups in total. The van der Waals surface area contributed by atoms with E-state index in [0.29, 0.717) is 23.2 Å². The van der Waals surface area contributed by atoms with Crippen molar-refractivity contribution >= 4 is 21.8 Å². The molecule has 0 amide bonds. The van der Waals surface area contributed by atoms with Crippen molar-refractivity contribution in [3.63, 3.8) is 0 Å². The summed E-state index contributed by atoms with van der Waals surface area (Å²) in [5.74, 6) is -0.271. The zero-order chi connectivity index (χ0) is 22.8. The van der Waals surface area contributed by atoms with Crippen molar-refractivity contribution in [3.05, 3.63) is 112 Å². The number of fused-ring (bicyclic) bond motifs is 3. The fraction of sp³-hybridized carbons (Fsp3) is 0.154. The van der Waals surface area contributed by atoms with Gasteiger partial charge in [-0.2, -0.15) is 4.73 Å². The fourth-order valence-electron chi connectivity index (χ4n) is 4.20. The van der Waals surface area contributed by atoms with Gasteiger partial charge in [0.2, 0.25) is 0 Å². The zero-order valence-electron chi connectivity index (χ0n) is 17.9. The third-order valence-corrected chi connectivity index (χ3v) is 5.85. The number of nitrogens with zero attached hydrogens (tertiary/aromatic N) is 3. The summed E-state index contributed by atoms with van der Waals surface area (Å²) in [6.45, 7) is 1.97. The van der Waals surface area contributed by atoms with Gasteiger partial charge in [-0.1, -0.05) is 42.5 Å². The Morgan fingerprint density at radius 3 is 2.58 bits per heavy atom. The SMILES string of the molecule is O=c1c2ncc3c(c(CNCCc4ccccc4)cn3Cc3ccc(F)cc3)c2ccn1O. The number of benzene rings is 2. The van der Waals surface area contributed by atoms with Crippen LogP contribution >= 0.6 is 0 Å². The van der Waals surface area contributed by atoms with E-state index in [2.05, 4.69) is 33.2 Å². The highest BCUT2D eigenvalue weighted by Crippen LogP contribution is 2.28. The van der Waals surface area contributed by atoms with Crippen LogP contribution in [-0.2, 0) is 19.5 Å². The summed E-state index contributed by atoms with van der Waals surface area (Å²) >= 11 is 0. The molecule has 0 spiro atoms. The maximum absolute atomic E-state index is 13.3. The number of hydrogen-bond donors (Lipinski definition) is 2. The molecule has 3 aromatic heterocycles. The van der Waals surface area contributed by atoms with Gasteiger partial charge < -0.3 is 15.1 Å². The van der Waals surface area contributed by atoms with Crippen LogP contribution in [0.2, 0.25) is 0 Å². The minimum atomic E-state index is -0.552. The molecule has 0 bridgehead atoms. The molecule has 0 aliphatic heterocycles. The van der Waals surface area contributed by atoms with E-state index in [4.69, 9.17) is 0 Å². The molecule has 2 aromatic carbocycles. The highest BCUT2D eigenvalue weighted by Gasteiger charge is 2.15. The Hall–Kier alpha value is -3.97. The van der Waals surface area contributed by atoms with Crippen molar-refractivity contribution in [2.75, 3.05) is 6.54 Å². The van der Waals surface area contributed by atoms with Crippen molar-refractivity contribution in [2.24, 2.45) is 0 Å². The summed E-state index contributed by atoms with van der Waals surface area (Å²) in [5.41, 5.74) is 3.80. The molecule has 33 heavy (non-hydrogen) atoms. The van der Waals surface area contributed by atoms with Gasteiger partial charge in [0.05, 0.1) is 11.7 Å². The molecule has 7 heteroatoms. The van der Waals surface area contributed by atoms with E-state index in [1.165, 1.54) is 23.9 Å². The van der Waals surface area contributed by atoms with Gasteiger partial charge in [0, 0.05) is 36.3 Å². The lowest BCUT2D eigenvalue weighted by molar-refractivity contribution is 0.176. The minimum absolute atomic E-state index is 0.220. The number of rotatable bonds is 7. The largest absolute Gasteiger partial charge is 0.425 e. The average molecular weight is 442 g/mol. The number of halogens is 1. The number of hydrogen-bond acceptors (Lipinski definition) is 4. The molecule has 6 nitrogen and oxygen atoms in total. The van der Waals surface area contributed by atoms with Crippen LogP contribution < -0.4 is 10.9 Å². The van der Waals surface area contributed by atoms with Crippen molar-refractivity contribution in [2.45, 2.75) is 19.5 Å². The average Bonchev–Trinajstić information content (AvgIpc) is 3.19. The summed E-state index contributed by atoms with van der Waals surface area (Å²) in [6.07, 6.45) is 5.97. The van der Waals surface area contributed by atoms with Gasteiger partial charge in [-0.05, 0) is 47.9 Å². The van der Waals surface area contributed by atoms with E-state index in [1.807, 2.05) is 18.2 Å². The molecule has 0 unspecified atom stereocenters. The molecule has 0 radical (unpaired) electrons. The van der Waals surface area contributed by atoms with E-state index in [1.54, 1.807) is 24.4 Å². The Kier molecular flexibility index (Phi) is 5.62. The Morgan fingerprint density at radius 2 is 1.79 bits per heavy atom. The maximum Gasteiger partial charge on any atom is 0.309 e. The molecule has 0 saturated heterocycles. The molecule has 0 fully saturated rings. The highest BCUT2D eigenvalue weighted by molar-refractivity contribution is 6.06. The number of pyridine rings is 2.